The zero-order valence-electron chi connectivity index (χ0n) is 16.0. The van der Waals surface area contributed by atoms with E-state index in [0.717, 1.165) is 28.3 Å². The largest absolute Gasteiger partial charge is 0.356 e. The molecule has 0 radical (unpaired) electrons. The van der Waals surface area contributed by atoms with Gasteiger partial charge in [0.05, 0.1) is 11.2 Å². The van der Waals surface area contributed by atoms with Crippen molar-refractivity contribution in [2.75, 3.05) is 5.17 Å². The van der Waals surface area contributed by atoms with Gasteiger partial charge in [-0.1, -0.05) is 78.9 Å². The van der Waals surface area contributed by atoms with Crippen LogP contribution in [-0.2, 0) is 4.84 Å². The second-order valence-corrected chi connectivity index (χ2v) is 7.59. The maximum absolute atomic E-state index is 6.48. The summed E-state index contributed by atoms with van der Waals surface area (Å²) in [6.45, 7) is 6.59. The van der Waals surface area contributed by atoms with Gasteiger partial charge in [-0.2, -0.15) is 0 Å². The molecule has 136 valence electrons. The van der Waals surface area contributed by atoms with Gasteiger partial charge in [-0.25, -0.2) is 5.01 Å². The normalized spacial score (nSPS) is 14.5. The van der Waals surface area contributed by atoms with Gasteiger partial charge in [0.2, 0.25) is 0 Å². The zero-order chi connectivity index (χ0) is 18.9. The summed E-state index contributed by atoms with van der Waals surface area (Å²) in [5.41, 5.74) is 4.07. The Bertz CT molecular complexity index is 928. The van der Waals surface area contributed by atoms with Gasteiger partial charge in [0.1, 0.15) is 5.70 Å². The highest BCUT2D eigenvalue weighted by molar-refractivity contribution is 5.90. The topological polar surface area (TPSA) is 15.7 Å². The fourth-order valence-electron chi connectivity index (χ4n) is 3.32. The van der Waals surface area contributed by atoms with E-state index in [1.807, 2.05) is 47.6 Å². The lowest BCUT2D eigenvalue weighted by atomic mass is 10.0. The van der Waals surface area contributed by atoms with Crippen molar-refractivity contribution in [3.8, 4) is 0 Å². The summed E-state index contributed by atoms with van der Waals surface area (Å²) in [6, 6.07) is 30.9. The van der Waals surface area contributed by atoms with Crippen LogP contribution in [0.15, 0.2) is 91.0 Å². The Morgan fingerprint density at radius 1 is 0.630 bits per heavy atom. The molecular weight excluding hydrogens is 332 g/mol. The number of para-hydroxylation sites is 1. The van der Waals surface area contributed by atoms with Gasteiger partial charge in [-0.05, 0) is 32.9 Å². The van der Waals surface area contributed by atoms with E-state index < -0.39 is 0 Å². The van der Waals surface area contributed by atoms with E-state index in [1.54, 1.807) is 0 Å². The smallest absolute Gasteiger partial charge is 0.190 e. The van der Waals surface area contributed by atoms with Crippen LogP contribution in [0.25, 0.3) is 11.5 Å². The molecule has 0 amide bonds. The molecule has 0 aromatic heterocycles. The van der Waals surface area contributed by atoms with Gasteiger partial charge in [0.25, 0.3) is 0 Å². The fourth-order valence-corrected chi connectivity index (χ4v) is 3.32. The molecule has 1 aliphatic rings. The van der Waals surface area contributed by atoms with Gasteiger partial charge in [0, 0.05) is 11.1 Å². The van der Waals surface area contributed by atoms with Crippen LogP contribution in [-0.4, -0.2) is 10.5 Å². The van der Waals surface area contributed by atoms with E-state index in [2.05, 4.69) is 74.3 Å². The van der Waals surface area contributed by atoms with Crippen molar-refractivity contribution in [2.24, 2.45) is 0 Å². The first-order chi connectivity index (χ1) is 13.1. The number of anilines is 1. The Morgan fingerprint density at radius 3 is 1.63 bits per heavy atom. The van der Waals surface area contributed by atoms with Gasteiger partial charge >= 0.3 is 0 Å². The first-order valence-corrected chi connectivity index (χ1v) is 9.24. The van der Waals surface area contributed by atoms with Crippen molar-refractivity contribution in [1.29, 1.82) is 0 Å². The summed E-state index contributed by atoms with van der Waals surface area (Å²) in [4.78, 5) is 6.48. The third-order valence-corrected chi connectivity index (χ3v) is 4.48. The molecule has 1 heterocycles. The fraction of sp³-hybridized carbons (Fsp3) is 0.167. The molecule has 3 heteroatoms. The summed E-state index contributed by atoms with van der Waals surface area (Å²) in [5.74, 6) is 0.862. The molecule has 0 unspecified atom stereocenters. The van der Waals surface area contributed by atoms with Crippen LogP contribution < -0.4 is 5.17 Å². The molecule has 27 heavy (non-hydrogen) atoms. The van der Waals surface area contributed by atoms with Crippen molar-refractivity contribution in [1.82, 2.24) is 5.01 Å². The molecule has 0 saturated carbocycles. The van der Waals surface area contributed by atoms with Crippen molar-refractivity contribution >= 4 is 17.1 Å². The van der Waals surface area contributed by atoms with Crippen molar-refractivity contribution in [3.63, 3.8) is 0 Å². The molecular formula is C24H24N2O. The van der Waals surface area contributed by atoms with Crippen LogP contribution in [0.3, 0.4) is 0 Å². The Kier molecular flexibility index (Phi) is 4.36. The maximum Gasteiger partial charge on any atom is 0.190 e. The Hall–Kier alpha value is -3.20. The summed E-state index contributed by atoms with van der Waals surface area (Å²) in [7, 11) is 0. The molecule has 0 bridgehead atoms. The highest BCUT2D eigenvalue weighted by Crippen LogP contribution is 2.44. The third-order valence-electron chi connectivity index (χ3n) is 4.48. The molecule has 0 fully saturated rings. The van der Waals surface area contributed by atoms with Gasteiger partial charge in [-0.15, -0.1) is 5.17 Å². The first-order valence-electron chi connectivity index (χ1n) is 9.24. The molecule has 0 atom stereocenters. The monoisotopic (exact) mass is 356 g/mol. The Labute approximate surface area is 161 Å². The summed E-state index contributed by atoms with van der Waals surface area (Å²) < 4.78 is 0. The minimum absolute atomic E-state index is 0.183. The van der Waals surface area contributed by atoms with E-state index in [0.29, 0.717) is 0 Å². The van der Waals surface area contributed by atoms with Crippen molar-refractivity contribution < 1.29 is 4.84 Å². The van der Waals surface area contributed by atoms with Gasteiger partial charge in [0.15, 0.2) is 5.76 Å². The van der Waals surface area contributed by atoms with Gasteiger partial charge < -0.3 is 4.84 Å². The van der Waals surface area contributed by atoms with Gasteiger partial charge in [-0.3, -0.25) is 0 Å². The number of hydrogen-bond acceptors (Lipinski definition) is 3. The molecule has 3 aromatic rings. The standard InChI is InChI=1S/C24H24N2O/c1-24(2,3)25-22(19-13-7-4-8-14-19)23(20-15-9-5-10-16-20)27-26(25)21-17-11-6-12-18-21/h4-18H,1-3H3. The zero-order valence-corrected chi connectivity index (χ0v) is 16.0. The molecule has 4 rings (SSSR count). The van der Waals surface area contributed by atoms with Crippen LogP contribution in [0.2, 0.25) is 0 Å². The maximum atomic E-state index is 6.48. The minimum atomic E-state index is -0.183. The van der Waals surface area contributed by atoms with Crippen LogP contribution >= 0.6 is 0 Å². The molecule has 3 nitrogen and oxygen atoms in total. The van der Waals surface area contributed by atoms with Crippen LogP contribution in [0.1, 0.15) is 31.9 Å². The van der Waals surface area contributed by atoms with Crippen molar-refractivity contribution in [2.45, 2.75) is 26.3 Å². The molecule has 0 aliphatic carbocycles. The molecule has 0 spiro atoms. The Balaban J connectivity index is 1.93. The van der Waals surface area contributed by atoms with Crippen molar-refractivity contribution in [3.05, 3.63) is 102 Å². The average molecular weight is 356 g/mol. The van der Waals surface area contributed by atoms with Crippen LogP contribution in [0.4, 0.5) is 5.69 Å². The molecule has 1 aliphatic heterocycles. The molecule has 0 N–H and O–H groups in total. The number of hydrazine groups is 1. The quantitative estimate of drug-likeness (QED) is 0.574. The predicted molar refractivity (Wildman–Crippen MR) is 111 cm³/mol. The number of nitrogens with zero attached hydrogens (tertiary/aromatic N) is 2. The van der Waals surface area contributed by atoms with E-state index >= 15 is 0 Å². The SMILES string of the molecule is CC(C)(C)N1C(c2ccccc2)=C(c2ccccc2)ON1c1ccccc1. The molecule has 0 saturated heterocycles. The van der Waals surface area contributed by atoms with E-state index in [4.69, 9.17) is 4.84 Å². The lowest BCUT2D eigenvalue weighted by Crippen LogP contribution is -2.48. The highest BCUT2D eigenvalue weighted by Gasteiger charge is 2.40. The summed E-state index contributed by atoms with van der Waals surface area (Å²) in [6.07, 6.45) is 0. The first kappa shape index (κ1) is 17.2. The lowest BCUT2D eigenvalue weighted by molar-refractivity contribution is 0.0790. The minimum Gasteiger partial charge on any atom is -0.356 e. The molecule has 3 aromatic carbocycles. The van der Waals surface area contributed by atoms with Crippen LogP contribution in [0, 0.1) is 0 Å². The van der Waals surface area contributed by atoms with E-state index in [1.165, 1.54) is 0 Å². The number of hydrogen-bond donors (Lipinski definition) is 0. The Morgan fingerprint density at radius 2 is 1.11 bits per heavy atom. The summed E-state index contributed by atoms with van der Waals surface area (Å²) >= 11 is 0. The lowest BCUT2D eigenvalue weighted by Gasteiger charge is -2.40. The van der Waals surface area contributed by atoms with Crippen LogP contribution in [0.5, 0.6) is 0 Å². The number of rotatable bonds is 3. The predicted octanol–water partition coefficient (Wildman–Crippen LogP) is 5.98. The summed E-state index contributed by atoms with van der Waals surface area (Å²) in [5, 5.41) is 4.14. The third kappa shape index (κ3) is 3.28. The van der Waals surface area contributed by atoms with E-state index in [-0.39, 0.29) is 5.54 Å². The van der Waals surface area contributed by atoms with E-state index in [9.17, 15) is 0 Å². The second-order valence-electron chi connectivity index (χ2n) is 7.59. The second kappa shape index (κ2) is 6.84. The average Bonchev–Trinajstić information content (AvgIpc) is 3.11. The number of benzene rings is 3. The highest BCUT2D eigenvalue weighted by atomic mass is 16.7.